The minimum absolute atomic E-state index is 0.0324. The molecule has 1 aliphatic carbocycles. The van der Waals surface area contributed by atoms with Gasteiger partial charge in [-0.15, -0.1) is 0 Å². The summed E-state index contributed by atoms with van der Waals surface area (Å²) in [6, 6.07) is 9.42. The van der Waals surface area contributed by atoms with Crippen molar-refractivity contribution in [3.63, 3.8) is 0 Å². The number of aryl methyl sites for hydroxylation is 2. The second-order valence-corrected chi connectivity index (χ2v) is 9.16. The van der Waals surface area contributed by atoms with Gasteiger partial charge in [-0.25, -0.2) is 19.0 Å². The fourth-order valence-corrected chi connectivity index (χ4v) is 4.28. The van der Waals surface area contributed by atoms with E-state index in [1.54, 1.807) is 12.3 Å². The quantitative estimate of drug-likeness (QED) is 0.369. The number of halogens is 1. The number of anilines is 2. The zero-order valence-electron chi connectivity index (χ0n) is 19.8. The SMILES string of the molecule is Cc1cc(Nc2cc(C)[nH]n2)nc([C@H]2C[C@H](C(=O)N[C@H](C)c3ccc(-n4cc(F)cn4)nc3)C2)c1. The third-order valence-corrected chi connectivity index (χ3v) is 6.29. The van der Waals surface area contributed by atoms with Crippen LogP contribution >= 0.6 is 0 Å². The van der Waals surface area contributed by atoms with E-state index in [9.17, 15) is 9.18 Å². The summed E-state index contributed by atoms with van der Waals surface area (Å²) in [7, 11) is 0. The first kappa shape index (κ1) is 22.7. The number of nitrogens with one attached hydrogen (secondary N) is 3. The highest BCUT2D eigenvalue weighted by molar-refractivity contribution is 5.80. The van der Waals surface area contributed by atoms with Gasteiger partial charge in [0.05, 0.1) is 18.4 Å². The zero-order chi connectivity index (χ0) is 24.5. The maximum atomic E-state index is 13.2. The molecule has 1 aliphatic rings. The lowest BCUT2D eigenvalue weighted by molar-refractivity contribution is -0.128. The fraction of sp³-hybridized carbons (Fsp3) is 0.320. The van der Waals surface area contributed by atoms with Crippen LogP contribution in [-0.2, 0) is 4.79 Å². The highest BCUT2D eigenvalue weighted by Gasteiger charge is 2.36. The van der Waals surface area contributed by atoms with Gasteiger partial charge in [-0.05, 0) is 62.9 Å². The lowest BCUT2D eigenvalue weighted by Crippen LogP contribution is -2.39. The first-order valence-electron chi connectivity index (χ1n) is 11.6. The Morgan fingerprint density at radius 2 is 2.00 bits per heavy atom. The van der Waals surface area contributed by atoms with Gasteiger partial charge in [0.2, 0.25) is 5.91 Å². The molecule has 4 aromatic rings. The molecule has 5 rings (SSSR count). The molecular formula is C25H27FN8O. The number of aromatic nitrogens is 6. The minimum Gasteiger partial charge on any atom is -0.349 e. The van der Waals surface area contributed by atoms with Crippen molar-refractivity contribution in [1.82, 2.24) is 35.3 Å². The number of carbonyl (C=O) groups excluding carboxylic acids is 1. The van der Waals surface area contributed by atoms with Crippen LogP contribution in [0.3, 0.4) is 0 Å². The lowest BCUT2D eigenvalue weighted by Gasteiger charge is -2.35. The number of hydrogen-bond acceptors (Lipinski definition) is 6. The Hall–Kier alpha value is -4.08. The summed E-state index contributed by atoms with van der Waals surface area (Å²) in [4.78, 5) is 21.9. The number of pyridine rings is 2. The summed E-state index contributed by atoms with van der Waals surface area (Å²) in [5.41, 5.74) is 3.95. The van der Waals surface area contributed by atoms with Crippen molar-refractivity contribution in [1.29, 1.82) is 0 Å². The van der Waals surface area contributed by atoms with Crippen LogP contribution in [0.4, 0.5) is 16.0 Å². The Balaban J connectivity index is 1.16. The van der Waals surface area contributed by atoms with Crippen molar-refractivity contribution < 1.29 is 9.18 Å². The summed E-state index contributed by atoms with van der Waals surface area (Å²) in [6.07, 6.45) is 5.60. The number of carbonyl (C=O) groups is 1. The van der Waals surface area contributed by atoms with Crippen LogP contribution in [0.5, 0.6) is 0 Å². The van der Waals surface area contributed by atoms with Gasteiger partial charge in [0.15, 0.2) is 17.5 Å². The third kappa shape index (κ3) is 5.06. The largest absolute Gasteiger partial charge is 0.349 e. The van der Waals surface area contributed by atoms with E-state index in [0.29, 0.717) is 5.82 Å². The zero-order valence-corrected chi connectivity index (χ0v) is 19.8. The van der Waals surface area contributed by atoms with Gasteiger partial charge in [0.25, 0.3) is 0 Å². The molecule has 0 radical (unpaired) electrons. The molecule has 3 N–H and O–H groups in total. The normalized spacial score (nSPS) is 18.1. The van der Waals surface area contributed by atoms with Gasteiger partial charge >= 0.3 is 0 Å². The molecule has 9 nitrogen and oxygen atoms in total. The van der Waals surface area contributed by atoms with E-state index in [-0.39, 0.29) is 23.8 Å². The third-order valence-electron chi connectivity index (χ3n) is 6.29. The van der Waals surface area contributed by atoms with E-state index in [2.05, 4.69) is 37.0 Å². The Labute approximate surface area is 202 Å². The molecule has 0 saturated heterocycles. The number of amides is 1. The predicted molar refractivity (Wildman–Crippen MR) is 129 cm³/mol. The van der Waals surface area contributed by atoms with E-state index < -0.39 is 5.82 Å². The molecule has 0 spiro atoms. The molecule has 0 aromatic carbocycles. The second kappa shape index (κ2) is 9.28. The first-order chi connectivity index (χ1) is 16.8. The second-order valence-electron chi connectivity index (χ2n) is 9.16. The van der Waals surface area contributed by atoms with Crippen LogP contribution in [-0.4, -0.2) is 35.9 Å². The molecule has 35 heavy (non-hydrogen) atoms. The van der Waals surface area contributed by atoms with Crippen LogP contribution in [0.1, 0.15) is 54.2 Å². The summed E-state index contributed by atoms with van der Waals surface area (Å²) >= 11 is 0. The van der Waals surface area contributed by atoms with Gasteiger partial charge in [-0.1, -0.05) is 6.07 Å². The van der Waals surface area contributed by atoms with Crippen LogP contribution in [0.2, 0.25) is 0 Å². The van der Waals surface area contributed by atoms with Crippen LogP contribution < -0.4 is 10.6 Å². The Kier molecular flexibility index (Phi) is 6.02. The Morgan fingerprint density at radius 3 is 2.66 bits per heavy atom. The van der Waals surface area contributed by atoms with E-state index >= 15 is 0 Å². The fourth-order valence-electron chi connectivity index (χ4n) is 4.28. The molecule has 0 bridgehead atoms. The van der Waals surface area contributed by atoms with Crippen LogP contribution in [0.15, 0.2) is 48.9 Å². The van der Waals surface area contributed by atoms with Crippen molar-refractivity contribution in [3.05, 3.63) is 77.3 Å². The molecule has 10 heteroatoms. The van der Waals surface area contributed by atoms with Crippen molar-refractivity contribution in [2.24, 2.45) is 5.92 Å². The highest BCUT2D eigenvalue weighted by atomic mass is 19.1. The van der Waals surface area contributed by atoms with E-state index in [1.807, 2.05) is 39.0 Å². The molecule has 0 unspecified atom stereocenters. The maximum absolute atomic E-state index is 13.2. The number of aromatic amines is 1. The topological polar surface area (TPSA) is 113 Å². The maximum Gasteiger partial charge on any atom is 0.223 e. The number of hydrogen-bond donors (Lipinski definition) is 3. The smallest absolute Gasteiger partial charge is 0.223 e. The van der Waals surface area contributed by atoms with Crippen molar-refractivity contribution >= 4 is 17.5 Å². The number of nitrogens with zero attached hydrogens (tertiary/aromatic N) is 5. The van der Waals surface area contributed by atoms with Crippen molar-refractivity contribution in [3.8, 4) is 5.82 Å². The average Bonchev–Trinajstić information content (AvgIpc) is 3.40. The summed E-state index contributed by atoms with van der Waals surface area (Å²) in [6.45, 7) is 5.91. The van der Waals surface area contributed by atoms with E-state index in [1.165, 1.54) is 10.9 Å². The minimum atomic E-state index is -0.420. The number of H-pyrrole nitrogens is 1. The van der Waals surface area contributed by atoms with Gasteiger partial charge in [-0.2, -0.15) is 10.2 Å². The Bertz CT molecular complexity index is 1340. The summed E-state index contributed by atoms with van der Waals surface area (Å²) in [5.74, 6) is 1.81. The van der Waals surface area contributed by atoms with Crippen LogP contribution in [0, 0.1) is 25.6 Å². The molecule has 1 atom stereocenters. The molecule has 1 saturated carbocycles. The van der Waals surface area contributed by atoms with E-state index in [0.717, 1.165) is 53.2 Å². The van der Waals surface area contributed by atoms with Gasteiger partial charge in [0, 0.05) is 35.5 Å². The van der Waals surface area contributed by atoms with Crippen molar-refractivity contribution in [2.45, 2.75) is 45.6 Å². The predicted octanol–water partition coefficient (Wildman–Crippen LogP) is 4.26. The summed E-state index contributed by atoms with van der Waals surface area (Å²) in [5, 5.41) is 17.4. The molecule has 4 heterocycles. The van der Waals surface area contributed by atoms with Gasteiger partial charge in [0.1, 0.15) is 5.82 Å². The molecule has 4 aromatic heterocycles. The van der Waals surface area contributed by atoms with Crippen molar-refractivity contribution in [2.75, 3.05) is 5.32 Å². The number of rotatable bonds is 7. The molecule has 180 valence electrons. The van der Waals surface area contributed by atoms with E-state index in [4.69, 9.17) is 4.98 Å². The van der Waals surface area contributed by atoms with Gasteiger partial charge < -0.3 is 10.6 Å². The molecular weight excluding hydrogens is 447 g/mol. The average molecular weight is 475 g/mol. The standard InChI is InChI=1S/C25H27FN8O/c1-14-6-21(30-22(7-14)31-23-8-15(2)32-33-23)18-9-19(10-18)25(35)29-16(3)17-4-5-24(27-11-17)34-13-20(26)12-28-34/h4-8,11-13,16,18-19H,9-10H2,1-3H3,(H,29,35)(H2,30,31,32,33)/t16-,18-,19-/m1/s1. The first-order valence-corrected chi connectivity index (χ1v) is 11.6. The van der Waals surface area contributed by atoms with Gasteiger partial charge in [-0.3, -0.25) is 9.89 Å². The highest BCUT2D eigenvalue weighted by Crippen LogP contribution is 2.42. The lowest BCUT2D eigenvalue weighted by atomic mass is 9.72. The molecule has 1 amide bonds. The monoisotopic (exact) mass is 474 g/mol. The molecule has 0 aliphatic heterocycles. The van der Waals surface area contributed by atoms with Crippen LogP contribution in [0.25, 0.3) is 5.82 Å². The summed E-state index contributed by atoms with van der Waals surface area (Å²) < 4.78 is 14.5. The molecule has 1 fully saturated rings. The Morgan fingerprint density at radius 1 is 1.17 bits per heavy atom.